The van der Waals surface area contributed by atoms with E-state index in [0.29, 0.717) is 28.7 Å². The van der Waals surface area contributed by atoms with E-state index >= 15 is 0 Å². The van der Waals surface area contributed by atoms with Crippen LogP contribution >= 0.6 is 0 Å². The van der Waals surface area contributed by atoms with Crippen LogP contribution in [0, 0.1) is 0 Å². The van der Waals surface area contributed by atoms with Crippen LogP contribution in [-0.2, 0) is 27.2 Å². The molecular weight excluding hydrogens is 530 g/mol. The molecule has 4 atom stereocenters. The van der Waals surface area contributed by atoms with Crippen molar-refractivity contribution in [3.63, 3.8) is 0 Å². The molecule has 0 spiro atoms. The van der Waals surface area contributed by atoms with Crippen LogP contribution in [0.1, 0.15) is 24.0 Å². The molecule has 2 aromatic carbocycles. The Morgan fingerprint density at radius 3 is 2.10 bits per heavy atom. The number of phenols is 2. The highest BCUT2D eigenvalue weighted by Crippen LogP contribution is 2.31. The summed E-state index contributed by atoms with van der Waals surface area (Å²) in [6, 6.07) is 6.40. The number of carbonyl (C=O) groups excluding carboxylic acids is 3. The molecule has 1 heterocycles. The van der Waals surface area contributed by atoms with Gasteiger partial charge in [-0.3, -0.25) is 14.4 Å². The number of fused-ring (bicyclic) bond motifs is 5. The minimum absolute atomic E-state index is 0.000302. The monoisotopic (exact) mass is 571 g/mol. The van der Waals surface area contributed by atoms with Gasteiger partial charge in [0.2, 0.25) is 17.7 Å². The number of aromatic hydroxyl groups is 2. The van der Waals surface area contributed by atoms with Crippen LogP contribution < -0.4 is 33.6 Å². The van der Waals surface area contributed by atoms with Crippen LogP contribution in [0.2, 0.25) is 0 Å². The fourth-order valence-corrected chi connectivity index (χ4v) is 4.75. The van der Waals surface area contributed by atoms with Crippen molar-refractivity contribution in [2.45, 2.75) is 49.9 Å². The Balaban J connectivity index is 2.12. The van der Waals surface area contributed by atoms with E-state index in [9.17, 15) is 29.7 Å². The molecular formula is C28H41N7O6. The van der Waals surface area contributed by atoms with Crippen LogP contribution in [0.25, 0.3) is 11.1 Å². The number of rotatable bonds is 9. The second-order valence-corrected chi connectivity index (χ2v) is 10.2. The number of aliphatic hydroxyl groups excluding tert-OH is 1. The number of nitrogens with one attached hydrogen (secondary N) is 2. The molecule has 4 bridgehead atoms. The van der Waals surface area contributed by atoms with E-state index in [1.807, 2.05) is 0 Å². The van der Waals surface area contributed by atoms with Crippen molar-refractivity contribution in [2.75, 3.05) is 32.7 Å². The topological polar surface area (TPSA) is 243 Å². The lowest BCUT2D eigenvalue weighted by molar-refractivity contribution is -0.138. The molecule has 1 aliphatic rings. The number of amides is 3. The lowest BCUT2D eigenvalue weighted by Crippen LogP contribution is -2.58. The summed E-state index contributed by atoms with van der Waals surface area (Å²) in [7, 11) is 0. The zero-order chi connectivity index (χ0) is 30.1. The fraction of sp³-hybridized carbons (Fsp3) is 0.464. The van der Waals surface area contributed by atoms with Gasteiger partial charge in [-0.25, -0.2) is 0 Å². The third-order valence-electron chi connectivity index (χ3n) is 7.05. The summed E-state index contributed by atoms with van der Waals surface area (Å²) in [5, 5.41) is 36.7. The first kappa shape index (κ1) is 31.8. The van der Waals surface area contributed by atoms with Crippen LogP contribution in [0.3, 0.4) is 0 Å². The van der Waals surface area contributed by atoms with Crippen molar-refractivity contribution in [2.24, 2.45) is 22.9 Å². The summed E-state index contributed by atoms with van der Waals surface area (Å²) in [5.41, 5.74) is 25.3. The number of nitrogens with zero attached hydrogens (tertiary/aromatic N) is 1. The quantitative estimate of drug-likeness (QED) is 0.160. The largest absolute Gasteiger partial charge is 0.508 e. The number of aliphatic hydroxyl groups is 1. The SMILES string of the molecule is NCCC[C@H]1NC(=O)[C@@H](N)Cc2cc(ccc2O)-c2ccc(O)c(c2)C[C@@H](C(=O)N(CCN)CC(O)CN)NC1=O. The molecule has 3 amide bonds. The Hall–Kier alpha value is -3.75. The average Bonchev–Trinajstić information content (AvgIpc) is 2.95. The van der Waals surface area contributed by atoms with Gasteiger partial charge >= 0.3 is 0 Å². The van der Waals surface area contributed by atoms with E-state index in [1.54, 1.807) is 24.3 Å². The summed E-state index contributed by atoms with van der Waals surface area (Å²) in [4.78, 5) is 41.7. The number of hydrogen-bond acceptors (Lipinski definition) is 10. The predicted octanol–water partition coefficient (Wildman–Crippen LogP) is -1.99. The van der Waals surface area contributed by atoms with Crippen LogP contribution in [-0.4, -0.2) is 94.9 Å². The summed E-state index contributed by atoms with van der Waals surface area (Å²) in [6.45, 7) is 0.254. The summed E-state index contributed by atoms with van der Waals surface area (Å²) in [6.07, 6.45) is -0.532. The first-order valence-electron chi connectivity index (χ1n) is 13.6. The molecule has 2 aromatic rings. The molecule has 0 aromatic heterocycles. The molecule has 1 unspecified atom stereocenters. The summed E-state index contributed by atoms with van der Waals surface area (Å²) in [5.74, 6) is -1.93. The standard InChI is InChI=1S/C28H41N7O6/c29-7-1-2-22-27(40)34-23(28(41)35(9-8-30)15-20(36)14-31)13-19-11-17(4-6-25(19)38)16-3-5-24(37)18(10-16)12-21(32)26(39)33-22/h3-6,10-11,20-23,36-38H,1-2,7-9,12-15,29-32H2,(H,33,39)(H,34,40)/t20?,21-,22+,23-/m0/s1. The molecule has 1 aliphatic heterocycles. The third kappa shape index (κ3) is 8.38. The number of hydrogen-bond donors (Lipinski definition) is 9. The molecule has 0 radical (unpaired) electrons. The van der Waals surface area contributed by atoms with Gasteiger partial charge in [0.25, 0.3) is 0 Å². The molecule has 13 N–H and O–H groups in total. The van der Waals surface area contributed by atoms with Crippen LogP contribution in [0.15, 0.2) is 36.4 Å². The second-order valence-electron chi connectivity index (χ2n) is 10.2. The van der Waals surface area contributed by atoms with Gasteiger partial charge in [0.05, 0.1) is 12.1 Å². The normalized spacial score (nSPS) is 20.3. The van der Waals surface area contributed by atoms with Gasteiger partial charge < -0.3 is 53.8 Å². The molecule has 13 nitrogen and oxygen atoms in total. The van der Waals surface area contributed by atoms with Crippen molar-refractivity contribution in [3.05, 3.63) is 47.5 Å². The maximum atomic E-state index is 13.8. The van der Waals surface area contributed by atoms with Crippen molar-refractivity contribution in [1.29, 1.82) is 0 Å². The van der Waals surface area contributed by atoms with E-state index in [0.717, 1.165) is 0 Å². The highest BCUT2D eigenvalue weighted by Gasteiger charge is 2.32. The molecule has 0 saturated carbocycles. The van der Waals surface area contributed by atoms with Gasteiger partial charge in [0.1, 0.15) is 23.6 Å². The molecule has 13 heteroatoms. The Bertz CT molecular complexity index is 1230. The first-order valence-corrected chi connectivity index (χ1v) is 13.6. The Labute approximate surface area is 238 Å². The van der Waals surface area contributed by atoms with Crippen molar-refractivity contribution in [1.82, 2.24) is 15.5 Å². The Morgan fingerprint density at radius 1 is 0.927 bits per heavy atom. The van der Waals surface area contributed by atoms with Crippen LogP contribution in [0.4, 0.5) is 0 Å². The highest BCUT2D eigenvalue weighted by molar-refractivity contribution is 5.93. The van der Waals surface area contributed by atoms with E-state index in [-0.39, 0.29) is 63.5 Å². The number of nitrogens with two attached hydrogens (primary N) is 4. The Kier molecular flexibility index (Phi) is 11.4. The van der Waals surface area contributed by atoms with E-state index < -0.39 is 42.0 Å². The smallest absolute Gasteiger partial charge is 0.245 e. The first-order chi connectivity index (χ1) is 19.6. The van der Waals surface area contributed by atoms with E-state index in [1.165, 1.54) is 17.0 Å². The third-order valence-corrected chi connectivity index (χ3v) is 7.05. The van der Waals surface area contributed by atoms with Gasteiger partial charge in [0.15, 0.2) is 0 Å². The highest BCUT2D eigenvalue weighted by atomic mass is 16.3. The maximum Gasteiger partial charge on any atom is 0.245 e. The zero-order valence-electron chi connectivity index (χ0n) is 23.0. The second kappa shape index (κ2) is 14.8. The van der Waals surface area contributed by atoms with E-state index in [4.69, 9.17) is 22.9 Å². The molecule has 0 aliphatic carbocycles. The molecule has 0 saturated heterocycles. The van der Waals surface area contributed by atoms with Gasteiger partial charge in [-0.05, 0) is 65.9 Å². The molecule has 224 valence electrons. The predicted molar refractivity (Wildman–Crippen MR) is 153 cm³/mol. The van der Waals surface area contributed by atoms with Gasteiger partial charge in [-0.15, -0.1) is 0 Å². The Morgan fingerprint density at radius 2 is 1.54 bits per heavy atom. The number of phenolic OH excluding ortho intramolecular Hbond substituents is 2. The minimum Gasteiger partial charge on any atom is -0.508 e. The van der Waals surface area contributed by atoms with Gasteiger partial charge in [-0.1, -0.05) is 12.1 Å². The summed E-state index contributed by atoms with van der Waals surface area (Å²) >= 11 is 0. The van der Waals surface area contributed by atoms with Crippen molar-refractivity contribution < 1.29 is 29.7 Å². The maximum absolute atomic E-state index is 13.8. The average molecular weight is 572 g/mol. The molecule has 3 rings (SSSR count). The lowest BCUT2D eigenvalue weighted by Gasteiger charge is -2.30. The van der Waals surface area contributed by atoms with Gasteiger partial charge in [0, 0.05) is 39.0 Å². The molecule has 41 heavy (non-hydrogen) atoms. The molecule has 0 fully saturated rings. The van der Waals surface area contributed by atoms with Crippen molar-refractivity contribution >= 4 is 17.7 Å². The van der Waals surface area contributed by atoms with Crippen LogP contribution in [0.5, 0.6) is 11.5 Å². The van der Waals surface area contributed by atoms with E-state index in [2.05, 4.69) is 10.6 Å². The van der Waals surface area contributed by atoms with Gasteiger partial charge in [-0.2, -0.15) is 0 Å². The number of carbonyl (C=O) groups is 3. The minimum atomic E-state index is -1.19. The fourth-order valence-electron chi connectivity index (χ4n) is 4.75. The zero-order valence-corrected chi connectivity index (χ0v) is 23.0. The van der Waals surface area contributed by atoms with Crippen molar-refractivity contribution in [3.8, 4) is 22.6 Å². The summed E-state index contributed by atoms with van der Waals surface area (Å²) < 4.78 is 0. The number of benzene rings is 2. The lowest BCUT2D eigenvalue weighted by atomic mass is 9.95.